The van der Waals surface area contributed by atoms with E-state index in [0.717, 1.165) is 0 Å². The normalized spacial score (nSPS) is 16.1. The summed E-state index contributed by atoms with van der Waals surface area (Å²) in [5.41, 5.74) is 5.76. The van der Waals surface area contributed by atoms with E-state index in [4.69, 9.17) is 10.5 Å². The molecule has 0 heterocycles. The van der Waals surface area contributed by atoms with Crippen LogP contribution in [0, 0.1) is 5.41 Å². The molecule has 0 rings (SSSR count). The zero-order valence-electron chi connectivity index (χ0n) is 9.76. The van der Waals surface area contributed by atoms with E-state index < -0.39 is 6.04 Å². The fraction of sp³-hybridized carbons (Fsp3) is 0.900. The van der Waals surface area contributed by atoms with E-state index >= 15 is 0 Å². The predicted molar refractivity (Wildman–Crippen MR) is 56.9 cm³/mol. The second-order valence-corrected chi connectivity index (χ2v) is 4.72. The van der Waals surface area contributed by atoms with Gasteiger partial charge in [0.05, 0.1) is 12.7 Å². The van der Waals surface area contributed by atoms with Crippen LogP contribution in [0.1, 0.15) is 27.7 Å². The van der Waals surface area contributed by atoms with Gasteiger partial charge in [0.25, 0.3) is 0 Å². The summed E-state index contributed by atoms with van der Waals surface area (Å²) in [6, 6.07) is -0.595. The van der Waals surface area contributed by atoms with Crippen molar-refractivity contribution in [2.45, 2.75) is 39.8 Å². The molecule has 0 aliphatic rings. The number of hydrogen-bond acceptors (Lipinski definition) is 3. The fourth-order valence-corrected chi connectivity index (χ4v) is 0.865. The van der Waals surface area contributed by atoms with E-state index in [1.54, 1.807) is 7.05 Å². The molecule has 3 N–H and O–H groups in total. The molecule has 0 aliphatic carbocycles. The molecule has 0 saturated carbocycles. The lowest BCUT2D eigenvalue weighted by molar-refractivity contribution is -0.125. The predicted octanol–water partition coefficient (Wildman–Crippen LogP) is 0.511. The molecule has 84 valence electrons. The minimum absolute atomic E-state index is 0.0939. The van der Waals surface area contributed by atoms with Crippen molar-refractivity contribution in [2.75, 3.05) is 13.7 Å². The average molecular weight is 202 g/mol. The van der Waals surface area contributed by atoms with Crippen LogP contribution in [0.5, 0.6) is 0 Å². The topological polar surface area (TPSA) is 64.4 Å². The summed E-state index contributed by atoms with van der Waals surface area (Å²) in [7, 11) is 1.57. The Morgan fingerprint density at radius 3 is 2.36 bits per heavy atom. The van der Waals surface area contributed by atoms with Gasteiger partial charge in [-0.15, -0.1) is 0 Å². The molecular weight excluding hydrogens is 180 g/mol. The van der Waals surface area contributed by atoms with Crippen molar-refractivity contribution in [3.63, 3.8) is 0 Å². The zero-order chi connectivity index (χ0) is 11.4. The van der Waals surface area contributed by atoms with Crippen LogP contribution in [0.3, 0.4) is 0 Å². The molecule has 0 aliphatic heterocycles. The molecule has 0 saturated heterocycles. The summed E-state index contributed by atoms with van der Waals surface area (Å²) in [5.74, 6) is -0.189. The van der Waals surface area contributed by atoms with Crippen LogP contribution < -0.4 is 11.1 Å². The highest BCUT2D eigenvalue weighted by Crippen LogP contribution is 2.14. The van der Waals surface area contributed by atoms with Crippen LogP contribution in [-0.4, -0.2) is 31.7 Å². The van der Waals surface area contributed by atoms with Crippen molar-refractivity contribution in [3.8, 4) is 0 Å². The Balaban J connectivity index is 3.96. The van der Waals surface area contributed by atoms with Gasteiger partial charge >= 0.3 is 0 Å². The van der Waals surface area contributed by atoms with E-state index in [1.165, 1.54) is 0 Å². The Morgan fingerprint density at radius 1 is 1.50 bits per heavy atom. The van der Waals surface area contributed by atoms with Crippen LogP contribution in [-0.2, 0) is 9.53 Å². The van der Waals surface area contributed by atoms with Crippen LogP contribution in [0.4, 0.5) is 0 Å². The zero-order valence-corrected chi connectivity index (χ0v) is 9.76. The van der Waals surface area contributed by atoms with Gasteiger partial charge in [-0.05, 0) is 12.3 Å². The van der Waals surface area contributed by atoms with Crippen LogP contribution >= 0.6 is 0 Å². The number of nitrogens with two attached hydrogens (primary N) is 1. The molecule has 14 heavy (non-hydrogen) atoms. The lowest BCUT2D eigenvalue weighted by Crippen LogP contribution is -2.47. The van der Waals surface area contributed by atoms with E-state index in [-0.39, 0.29) is 17.4 Å². The summed E-state index contributed by atoms with van der Waals surface area (Å²) in [4.78, 5) is 11.2. The summed E-state index contributed by atoms with van der Waals surface area (Å²) >= 11 is 0. The molecule has 0 radical (unpaired) electrons. The SMILES string of the molecule is CNC(=O)[C@@H](N)[C@@H](C)OCC(C)(C)C. The Hall–Kier alpha value is -0.610. The molecule has 1 amide bonds. The number of likely N-dealkylation sites (N-methyl/N-ethyl adjacent to an activating group) is 1. The average Bonchev–Trinajstić information content (AvgIpc) is 2.10. The summed E-state index contributed by atoms with van der Waals surface area (Å²) in [6.07, 6.45) is -0.255. The number of carbonyl (C=O) groups is 1. The van der Waals surface area contributed by atoms with Crippen molar-refractivity contribution in [2.24, 2.45) is 11.1 Å². The number of hydrogen-bond donors (Lipinski definition) is 2. The number of ether oxygens (including phenoxy) is 1. The molecule has 2 atom stereocenters. The standard InChI is InChI=1S/C10H22N2O2/c1-7(8(11)9(13)12-5)14-6-10(2,3)4/h7-8H,6,11H2,1-5H3,(H,12,13)/t7-,8+/m1/s1. The minimum atomic E-state index is -0.595. The Kier molecular flexibility index (Phi) is 5.08. The second kappa shape index (κ2) is 5.32. The maximum atomic E-state index is 11.2. The number of nitrogens with one attached hydrogen (secondary N) is 1. The highest BCUT2D eigenvalue weighted by molar-refractivity contribution is 5.81. The number of amides is 1. The third-order valence-electron chi connectivity index (χ3n) is 1.83. The third-order valence-corrected chi connectivity index (χ3v) is 1.83. The molecule has 0 aromatic rings. The van der Waals surface area contributed by atoms with E-state index in [2.05, 4.69) is 26.1 Å². The van der Waals surface area contributed by atoms with E-state index in [1.807, 2.05) is 6.92 Å². The highest BCUT2D eigenvalue weighted by Gasteiger charge is 2.22. The fourth-order valence-electron chi connectivity index (χ4n) is 0.865. The van der Waals surface area contributed by atoms with Gasteiger partial charge in [0.15, 0.2) is 0 Å². The molecule has 4 heteroatoms. The molecule has 0 unspecified atom stereocenters. The largest absolute Gasteiger partial charge is 0.376 e. The Bertz CT molecular complexity index is 187. The monoisotopic (exact) mass is 202 g/mol. The van der Waals surface area contributed by atoms with Gasteiger partial charge < -0.3 is 15.8 Å². The van der Waals surface area contributed by atoms with Crippen molar-refractivity contribution in [1.82, 2.24) is 5.32 Å². The molecule has 0 spiro atoms. The minimum Gasteiger partial charge on any atom is -0.376 e. The van der Waals surface area contributed by atoms with Crippen molar-refractivity contribution < 1.29 is 9.53 Å². The summed E-state index contributed by atoms with van der Waals surface area (Å²) < 4.78 is 5.51. The molecule has 0 aromatic carbocycles. The van der Waals surface area contributed by atoms with Crippen LogP contribution in [0.25, 0.3) is 0 Å². The van der Waals surface area contributed by atoms with E-state index in [0.29, 0.717) is 6.61 Å². The lowest BCUT2D eigenvalue weighted by Gasteiger charge is -2.24. The van der Waals surface area contributed by atoms with Gasteiger partial charge in [-0.3, -0.25) is 4.79 Å². The van der Waals surface area contributed by atoms with Crippen molar-refractivity contribution in [1.29, 1.82) is 0 Å². The van der Waals surface area contributed by atoms with Gasteiger partial charge in [0.1, 0.15) is 6.04 Å². The van der Waals surface area contributed by atoms with E-state index in [9.17, 15) is 4.79 Å². The molecular formula is C10H22N2O2. The number of rotatable bonds is 4. The molecule has 0 bridgehead atoms. The summed E-state index contributed by atoms with van der Waals surface area (Å²) in [6.45, 7) is 8.63. The smallest absolute Gasteiger partial charge is 0.239 e. The van der Waals surface area contributed by atoms with Gasteiger partial charge in [0, 0.05) is 7.05 Å². The lowest BCUT2D eigenvalue weighted by atomic mass is 9.98. The highest BCUT2D eigenvalue weighted by atomic mass is 16.5. The van der Waals surface area contributed by atoms with Gasteiger partial charge in [-0.2, -0.15) is 0 Å². The first-order valence-electron chi connectivity index (χ1n) is 4.86. The Labute approximate surface area is 86.2 Å². The molecule has 0 aromatic heterocycles. The van der Waals surface area contributed by atoms with Gasteiger partial charge in [0.2, 0.25) is 5.91 Å². The Morgan fingerprint density at radius 2 is 2.00 bits per heavy atom. The molecule has 0 fully saturated rings. The van der Waals surface area contributed by atoms with Gasteiger partial charge in [-0.1, -0.05) is 20.8 Å². The van der Waals surface area contributed by atoms with Crippen molar-refractivity contribution >= 4 is 5.91 Å². The summed E-state index contributed by atoms with van der Waals surface area (Å²) in [5, 5.41) is 2.50. The van der Waals surface area contributed by atoms with Crippen molar-refractivity contribution in [3.05, 3.63) is 0 Å². The first-order chi connectivity index (χ1) is 6.28. The van der Waals surface area contributed by atoms with Crippen LogP contribution in [0.2, 0.25) is 0 Å². The first-order valence-corrected chi connectivity index (χ1v) is 4.86. The second-order valence-electron chi connectivity index (χ2n) is 4.72. The first kappa shape index (κ1) is 13.4. The van der Waals surface area contributed by atoms with Gasteiger partial charge in [-0.25, -0.2) is 0 Å². The number of carbonyl (C=O) groups excluding carboxylic acids is 1. The molecule has 4 nitrogen and oxygen atoms in total. The third kappa shape index (κ3) is 5.19. The maximum absolute atomic E-state index is 11.2. The van der Waals surface area contributed by atoms with Crippen LogP contribution in [0.15, 0.2) is 0 Å². The maximum Gasteiger partial charge on any atom is 0.239 e. The quantitative estimate of drug-likeness (QED) is 0.698.